The number of carbonyl (C=O) groups excluding carboxylic acids is 1. The van der Waals surface area contributed by atoms with Crippen LogP contribution in [0.3, 0.4) is 0 Å². The number of fused-ring (bicyclic) bond motifs is 4. The van der Waals surface area contributed by atoms with Gasteiger partial charge in [0.2, 0.25) is 0 Å². The summed E-state index contributed by atoms with van der Waals surface area (Å²) in [5.74, 6) is 0.383. The molecule has 0 aliphatic carbocycles. The Labute approximate surface area is 165 Å². The number of benzene rings is 2. The molecule has 0 atom stereocenters. The molecule has 2 aromatic heterocycles. The number of hydrogen-bond donors (Lipinski definition) is 1. The number of amides is 1. The molecule has 1 N–H and O–H groups in total. The van der Waals surface area contributed by atoms with Gasteiger partial charge in [-0.1, -0.05) is 30.0 Å². The zero-order valence-corrected chi connectivity index (χ0v) is 16.1. The summed E-state index contributed by atoms with van der Waals surface area (Å²) in [4.78, 5) is 29.5. The number of hydrogen-bond acceptors (Lipinski definition) is 4. The van der Waals surface area contributed by atoms with Crippen LogP contribution >= 0.6 is 11.8 Å². The maximum absolute atomic E-state index is 12.7. The molecule has 0 saturated carbocycles. The lowest BCUT2D eigenvalue weighted by atomic mass is 10.1. The van der Waals surface area contributed by atoms with Crippen molar-refractivity contribution in [1.29, 1.82) is 0 Å². The lowest BCUT2D eigenvalue weighted by molar-refractivity contribution is 0.102. The van der Waals surface area contributed by atoms with Crippen LogP contribution < -0.4 is 10.9 Å². The fourth-order valence-corrected chi connectivity index (χ4v) is 4.76. The van der Waals surface area contributed by atoms with Crippen LogP contribution in [0.25, 0.3) is 21.8 Å². The van der Waals surface area contributed by atoms with Crippen LogP contribution in [0.1, 0.15) is 17.3 Å². The van der Waals surface area contributed by atoms with E-state index in [0.29, 0.717) is 17.4 Å². The molecule has 2 aromatic carbocycles. The van der Waals surface area contributed by atoms with Crippen LogP contribution in [0.15, 0.2) is 58.6 Å². The van der Waals surface area contributed by atoms with Gasteiger partial charge in [0, 0.05) is 52.5 Å². The molecule has 140 valence electrons. The molecule has 7 heteroatoms. The van der Waals surface area contributed by atoms with Crippen molar-refractivity contribution in [2.24, 2.45) is 0 Å². The number of carbonyl (C=O) groups is 1. The third-order valence-corrected chi connectivity index (χ3v) is 6.12. The maximum atomic E-state index is 12.7. The first-order valence-electron chi connectivity index (χ1n) is 9.22. The molecule has 0 spiro atoms. The van der Waals surface area contributed by atoms with Crippen LogP contribution in [0, 0.1) is 0 Å². The molecular weight excluding hydrogens is 372 g/mol. The molecule has 0 bridgehead atoms. The molecule has 5 rings (SSSR count). The van der Waals surface area contributed by atoms with Gasteiger partial charge in [-0.25, -0.2) is 4.98 Å². The highest BCUT2D eigenvalue weighted by Gasteiger charge is 2.20. The Kier molecular flexibility index (Phi) is 3.98. The smallest absolute Gasteiger partial charge is 0.267 e. The lowest BCUT2D eigenvalue weighted by Gasteiger charge is -2.08. The van der Waals surface area contributed by atoms with Gasteiger partial charge in [0.25, 0.3) is 11.5 Å². The summed E-state index contributed by atoms with van der Waals surface area (Å²) in [5, 5.41) is 5.77. The molecule has 1 amide bonds. The molecule has 1 aliphatic rings. The summed E-state index contributed by atoms with van der Waals surface area (Å²) < 4.78 is 3.82. The van der Waals surface area contributed by atoms with E-state index >= 15 is 0 Å². The van der Waals surface area contributed by atoms with Crippen molar-refractivity contribution in [2.75, 3.05) is 11.1 Å². The minimum atomic E-state index is -0.428. The van der Waals surface area contributed by atoms with Crippen LogP contribution in [-0.2, 0) is 13.1 Å². The molecule has 0 radical (unpaired) electrons. The Morgan fingerprint density at radius 3 is 2.86 bits per heavy atom. The Morgan fingerprint density at radius 1 is 1.18 bits per heavy atom. The van der Waals surface area contributed by atoms with Gasteiger partial charge >= 0.3 is 0 Å². The number of nitrogens with zero attached hydrogens (tertiary/aromatic N) is 3. The molecule has 28 heavy (non-hydrogen) atoms. The second-order valence-corrected chi connectivity index (χ2v) is 7.77. The van der Waals surface area contributed by atoms with Gasteiger partial charge in [-0.2, -0.15) is 0 Å². The highest BCUT2D eigenvalue weighted by Crippen LogP contribution is 2.31. The Balaban J connectivity index is 1.55. The minimum absolute atomic E-state index is 0.0716. The van der Waals surface area contributed by atoms with Crippen molar-refractivity contribution in [2.45, 2.75) is 25.2 Å². The number of aromatic nitrogens is 3. The van der Waals surface area contributed by atoms with Crippen molar-refractivity contribution >= 4 is 45.2 Å². The quantitative estimate of drug-likeness (QED) is 0.541. The predicted molar refractivity (Wildman–Crippen MR) is 112 cm³/mol. The Bertz CT molecular complexity index is 1310. The van der Waals surface area contributed by atoms with Gasteiger partial charge in [-0.15, -0.1) is 0 Å². The summed E-state index contributed by atoms with van der Waals surface area (Å²) in [6, 6.07) is 14.1. The van der Waals surface area contributed by atoms with E-state index in [9.17, 15) is 9.59 Å². The summed E-state index contributed by atoms with van der Waals surface area (Å²) >= 11 is 1.53. The van der Waals surface area contributed by atoms with E-state index in [1.54, 1.807) is 4.57 Å². The fraction of sp³-hybridized carbons (Fsp3) is 0.190. The molecule has 4 aromatic rings. The number of anilines is 1. The highest BCUT2D eigenvalue weighted by molar-refractivity contribution is 7.99. The third-order valence-electron chi connectivity index (χ3n) is 5.15. The summed E-state index contributed by atoms with van der Waals surface area (Å²) in [6.07, 6.45) is 1.38. The Hall–Kier alpha value is -3.06. The lowest BCUT2D eigenvalue weighted by Crippen LogP contribution is -2.29. The average molecular weight is 390 g/mol. The van der Waals surface area contributed by atoms with E-state index in [2.05, 4.69) is 33.9 Å². The largest absolute Gasteiger partial charge is 0.341 e. The molecule has 1 aliphatic heterocycles. The predicted octanol–water partition coefficient (Wildman–Crippen LogP) is 3.73. The van der Waals surface area contributed by atoms with Crippen molar-refractivity contribution in [1.82, 2.24) is 14.1 Å². The van der Waals surface area contributed by atoms with Gasteiger partial charge < -0.3 is 9.88 Å². The SMILES string of the molecule is CCn1c2ccccc2c2cc(NC(=O)c3cnc4n(c3=O)CCS4)ccc21. The molecule has 3 heterocycles. The highest BCUT2D eigenvalue weighted by atomic mass is 32.2. The van der Waals surface area contributed by atoms with Crippen molar-refractivity contribution < 1.29 is 4.79 Å². The molecular formula is C21H18N4O2S. The first kappa shape index (κ1) is 17.1. The number of rotatable bonds is 3. The first-order valence-corrected chi connectivity index (χ1v) is 10.2. The third kappa shape index (κ3) is 2.54. The average Bonchev–Trinajstić information content (AvgIpc) is 3.31. The molecule has 0 unspecified atom stereocenters. The maximum Gasteiger partial charge on any atom is 0.267 e. The summed E-state index contributed by atoms with van der Waals surface area (Å²) in [5.41, 5.74) is 2.74. The molecule has 6 nitrogen and oxygen atoms in total. The van der Waals surface area contributed by atoms with Crippen LogP contribution in [0.5, 0.6) is 0 Å². The van der Waals surface area contributed by atoms with Crippen molar-refractivity contribution in [3.8, 4) is 0 Å². The molecule has 0 fully saturated rings. The van der Waals surface area contributed by atoms with E-state index in [1.807, 2.05) is 30.3 Å². The number of thioether (sulfide) groups is 1. The van der Waals surface area contributed by atoms with Gasteiger partial charge in [0.15, 0.2) is 5.16 Å². The number of nitrogens with one attached hydrogen (secondary N) is 1. The van der Waals surface area contributed by atoms with Gasteiger partial charge in [0.05, 0.1) is 0 Å². The fourth-order valence-electron chi connectivity index (χ4n) is 3.84. The zero-order chi connectivity index (χ0) is 19.3. The summed E-state index contributed by atoms with van der Waals surface area (Å²) in [6.45, 7) is 3.58. The minimum Gasteiger partial charge on any atom is -0.341 e. The van der Waals surface area contributed by atoms with Crippen LogP contribution in [-0.4, -0.2) is 25.8 Å². The zero-order valence-electron chi connectivity index (χ0n) is 15.3. The summed E-state index contributed by atoms with van der Waals surface area (Å²) in [7, 11) is 0. The van der Waals surface area contributed by atoms with E-state index in [4.69, 9.17) is 0 Å². The van der Waals surface area contributed by atoms with Gasteiger partial charge in [-0.3, -0.25) is 14.2 Å². The normalized spacial score (nSPS) is 13.2. The monoisotopic (exact) mass is 390 g/mol. The topological polar surface area (TPSA) is 68.9 Å². The number of aryl methyl sites for hydroxylation is 1. The molecule has 0 saturated heterocycles. The van der Waals surface area contributed by atoms with E-state index in [1.165, 1.54) is 23.5 Å². The Morgan fingerprint density at radius 2 is 2.00 bits per heavy atom. The van der Waals surface area contributed by atoms with E-state index in [-0.39, 0.29) is 11.1 Å². The second kappa shape index (κ2) is 6.53. The van der Waals surface area contributed by atoms with Gasteiger partial charge in [0.1, 0.15) is 5.56 Å². The first-order chi connectivity index (χ1) is 13.7. The van der Waals surface area contributed by atoms with Crippen LogP contribution in [0.2, 0.25) is 0 Å². The van der Waals surface area contributed by atoms with E-state index < -0.39 is 5.91 Å². The van der Waals surface area contributed by atoms with Crippen molar-refractivity contribution in [3.63, 3.8) is 0 Å². The van der Waals surface area contributed by atoms with Crippen molar-refractivity contribution in [3.05, 3.63) is 64.6 Å². The van der Waals surface area contributed by atoms with E-state index in [0.717, 1.165) is 28.6 Å². The second-order valence-electron chi connectivity index (χ2n) is 6.71. The van der Waals surface area contributed by atoms with Crippen LogP contribution in [0.4, 0.5) is 5.69 Å². The van der Waals surface area contributed by atoms with Gasteiger partial charge in [-0.05, 0) is 31.2 Å². The standard InChI is InChI=1S/C21H18N4O2S/c1-2-24-17-6-4-3-5-14(17)15-11-13(7-8-18(15)24)23-19(26)16-12-22-21-25(20(16)27)9-10-28-21/h3-8,11-12H,2,9-10H2,1H3,(H,23,26). The number of para-hydroxylation sites is 1.